The molecule has 0 fully saturated rings. The molecule has 3 aromatic heterocycles. The highest BCUT2D eigenvalue weighted by molar-refractivity contribution is 6.10. The van der Waals surface area contributed by atoms with Gasteiger partial charge in [-0.3, -0.25) is 10.4 Å². The number of nitrogens with one attached hydrogen (secondary N) is 1. The van der Waals surface area contributed by atoms with Gasteiger partial charge in [-0.2, -0.15) is 0 Å². The number of nitrogens with zero attached hydrogens (tertiary/aromatic N) is 2. The average Bonchev–Trinajstić information content (AvgIpc) is 2.93. The van der Waals surface area contributed by atoms with Gasteiger partial charge in [0.1, 0.15) is 16.6 Å². The first-order chi connectivity index (χ1) is 9.31. The first-order valence-corrected chi connectivity index (χ1v) is 6.04. The zero-order valence-electron chi connectivity index (χ0n) is 10.3. The van der Waals surface area contributed by atoms with Gasteiger partial charge >= 0.3 is 0 Å². The highest BCUT2D eigenvalue weighted by Crippen LogP contribution is 2.31. The van der Waals surface area contributed by atoms with E-state index in [1.165, 1.54) is 0 Å². The van der Waals surface area contributed by atoms with Crippen LogP contribution in [0.4, 0.5) is 0 Å². The van der Waals surface area contributed by atoms with Crippen LogP contribution >= 0.6 is 0 Å². The van der Waals surface area contributed by atoms with Gasteiger partial charge in [0.2, 0.25) is 0 Å². The molecule has 19 heavy (non-hydrogen) atoms. The van der Waals surface area contributed by atoms with Crippen LogP contribution in [-0.2, 0) is 0 Å². The van der Waals surface area contributed by atoms with E-state index in [0.717, 1.165) is 33.1 Å². The Labute approximate surface area is 108 Å². The van der Waals surface area contributed by atoms with Crippen molar-refractivity contribution in [2.24, 2.45) is 0 Å². The van der Waals surface area contributed by atoms with Gasteiger partial charge < -0.3 is 9.14 Å². The summed E-state index contributed by atoms with van der Waals surface area (Å²) in [7, 11) is 1.66. The number of pyridine rings is 2. The minimum atomic E-state index is 0.455. The van der Waals surface area contributed by atoms with E-state index in [-0.39, 0.29) is 0 Å². The van der Waals surface area contributed by atoms with E-state index in [4.69, 9.17) is 10.1 Å². The molecule has 0 amide bonds. The van der Waals surface area contributed by atoms with Crippen molar-refractivity contribution < 1.29 is 4.74 Å². The van der Waals surface area contributed by atoms with Crippen LogP contribution in [0.25, 0.3) is 27.3 Å². The molecule has 0 unspecified atom stereocenters. The predicted molar refractivity (Wildman–Crippen MR) is 73.8 cm³/mol. The molecular formula is C15H11N3O. The van der Waals surface area contributed by atoms with Gasteiger partial charge in [-0.15, -0.1) is 0 Å². The van der Waals surface area contributed by atoms with Gasteiger partial charge in [-0.1, -0.05) is 6.07 Å². The number of benzene rings is 1. The van der Waals surface area contributed by atoms with Gasteiger partial charge in [-0.05, 0) is 29.7 Å². The quantitative estimate of drug-likeness (QED) is 0.563. The Hall–Kier alpha value is -2.62. The normalized spacial score (nSPS) is 11.6. The van der Waals surface area contributed by atoms with Crippen LogP contribution in [0.3, 0.4) is 0 Å². The van der Waals surface area contributed by atoms with Gasteiger partial charge in [0.05, 0.1) is 18.1 Å². The van der Waals surface area contributed by atoms with Gasteiger partial charge in [0.25, 0.3) is 0 Å². The third-order valence-corrected chi connectivity index (χ3v) is 3.57. The molecule has 0 atom stereocenters. The van der Waals surface area contributed by atoms with Crippen molar-refractivity contribution in [3.8, 4) is 5.75 Å². The first kappa shape index (κ1) is 10.3. The minimum absolute atomic E-state index is 0.455. The molecule has 0 radical (unpaired) electrons. The van der Waals surface area contributed by atoms with E-state index in [0.29, 0.717) is 5.36 Å². The number of hydrogen-bond donors (Lipinski definition) is 1. The molecule has 0 aliphatic heterocycles. The van der Waals surface area contributed by atoms with Crippen LogP contribution in [0.5, 0.6) is 5.75 Å². The van der Waals surface area contributed by atoms with Crippen LogP contribution in [0.1, 0.15) is 0 Å². The molecule has 4 nitrogen and oxygen atoms in total. The van der Waals surface area contributed by atoms with Gasteiger partial charge in [0, 0.05) is 17.8 Å². The van der Waals surface area contributed by atoms with Gasteiger partial charge in [0.15, 0.2) is 0 Å². The van der Waals surface area contributed by atoms with E-state index in [1.807, 2.05) is 40.9 Å². The monoisotopic (exact) mass is 249 g/mol. The Bertz CT molecular complexity index is 971. The maximum atomic E-state index is 8.31. The fourth-order valence-electron chi connectivity index (χ4n) is 2.73. The van der Waals surface area contributed by atoms with Crippen molar-refractivity contribution in [3.05, 3.63) is 48.1 Å². The molecule has 0 spiro atoms. The minimum Gasteiger partial charge on any atom is -0.495 e. The number of hydrogen-bond acceptors (Lipinski definition) is 3. The SMILES string of the molecule is COc1ccc2ccnc3c(=N)c4cccn4c1c23. The topological polar surface area (TPSA) is 50.4 Å². The second-order valence-corrected chi connectivity index (χ2v) is 4.51. The van der Waals surface area contributed by atoms with E-state index in [2.05, 4.69) is 4.98 Å². The number of fused-ring (bicyclic) bond motifs is 2. The molecule has 4 heteroatoms. The smallest absolute Gasteiger partial charge is 0.143 e. The zero-order valence-corrected chi connectivity index (χ0v) is 10.3. The summed E-state index contributed by atoms with van der Waals surface area (Å²) < 4.78 is 7.47. The van der Waals surface area contributed by atoms with E-state index >= 15 is 0 Å². The third-order valence-electron chi connectivity index (χ3n) is 3.57. The average molecular weight is 249 g/mol. The first-order valence-electron chi connectivity index (χ1n) is 6.04. The molecule has 0 aliphatic rings. The third kappa shape index (κ3) is 1.18. The Kier molecular flexibility index (Phi) is 1.87. The summed E-state index contributed by atoms with van der Waals surface area (Å²) in [5.74, 6) is 0.798. The summed E-state index contributed by atoms with van der Waals surface area (Å²) in [6.45, 7) is 0. The second-order valence-electron chi connectivity index (χ2n) is 4.51. The second kappa shape index (κ2) is 3.45. The lowest BCUT2D eigenvalue weighted by Gasteiger charge is -2.12. The van der Waals surface area contributed by atoms with Crippen LogP contribution < -0.4 is 10.1 Å². The zero-order chi connectivity index (χ0) is 13.0. The van der Waals surface area contributed by atoms with E-state index in [1.54, 1.807) is 13.3 Å². The van der Waals surface area contributed by atoms with Crippen LogP contribution in [0.2, 0.25) is 0 Å². The highest BCUT2D eigenvalue weighted by Gasteiger charge is 2.13. The number of methoxy groups -OCH3 is 1. The summed E-state index contributed by atoms with van der Waals surface area (Å²) in [5, 5.41) is 10.8. The molecule has 92 valence electrons. The van der Waals surface area contributed by atoms with Crippen LogP contribution in [0, 0.1) is 5.41 Å². The summed E-state index contributed by atoms with van der Waals surface area (Å²) in [6, 6.07) is 9.79. The van der Waals surface area contributed by atoms with Crippen molar-refractivity contribution >= 4 is 27.3 Å². The fraction of sp³-hybridized carbons (Fsp3) is 0.0667. The summed E-state index contributed by atoms with van der Waals surface area (Å²) in [5.41, 5.74) is 2.54. The van der Waals surface area contributed by atoms with Crippen LogP contribution in [-0.4, -0.2) is 16.5 Å². The Morgan fingerprint density at radius 1 is 1.21 bits per heavy atom. The predicted octanol–water partition coefficient (Wildman–Crippen LogP) is 2.57. The molecule has 4 rings (SSSR count). The molecule has 4 aromatic rings. The standard InChI is InChI=1S/C15H11N3O/c1-19-11-5-4-9-6-7-17-14-12(9)15(11)18-8-2-3-10(18)13(14)16/h2-8,16H,1H3. The molecule has 1 aromatic carbocycles. The lowest BCUT2D eigenvalue weighted by Crippen LogP contribution is -2.09. The number of rotatable bonds is 1. The van der Waals surface area contributed by atoms with Crippen molar-refractivity contribution in [2.75, 3.05) is 7.11 Å². The van der Waals surface area contributed by atoms with Crippen molar-refractivity contribution in [1.29, 1.82) is 5.41 Å². The molecule has 0 bridgehead atoms. The summed E-state index contributed by atoms with van der Waals surface area (Å²) in [4.78, 5) is 4.38. The summed E-state index contributed by atoms with van der Waals surface area (Å²) >= 11 is 0. The number of aromatic nitrogens is 2. The molecule has 0 saturated heterocycles. The number of ether oxygens (including phenoxy) is 1. The molecular weight excluding hydrogens is 238 g/mol. The lowest BCUT2D eigenvalue weighted by atomic mass is 10.1. The largest absolute Gasteiger partial charge is 0.495 e. The Morgan fingerprint density at radius 2 is 2.11 bits per heavy atom. The van der Waals surface area contributed by atoms with E-state index < -0.39 is 0 Å². The molecule has 0 aliphatic carbocycles. The molecule has 1 N–H and O–H groups in total. The summed E-state index contributed by atoms with van der Waals surface area (Å²) in [6.07, 6.45) is 3.71. The Morgan fingerprint density at radius 3 is 2.95 bits per heavy atom. The molecule has 0 saturated carbocycles. The highest BCUT2D eigenvalue weighted by atomic mass is 16.5. The van der Waals surface area contributed by atoms with Gasteiger partial charge in [-0.25, -0.2) is 0 Å². The van der Waals surface area contributed by atoms with Crippen molar-refractivity contribution in [2.45, 2.75) is 0 Å². The molecule has 3 heterocycles. The van der Waals surface area contributed by atoms with E-state index in [9.17, 15) is 0 Å². The lowest BCUT2D eigenvalue weighted by molar-refractivity contribution is 0.418. The van der Waals surface area contributed by atoms with Crippen LogP contribution in [0.15, 0.2) is 42.7 Å². The van der Waals surface area contributed by atoms with Crippen molar-refractivity contribution in [3.63, 3.8) is 0 Å². The maximum Gasteiger partial charge on any atom is 0.143 e. The Balaban J connectivity index is 2.50. The maximum absolute atomic E-state index is 8.31. The van der Waals surface area contributed by atoms with Crippen molar-refractivity contribution in [1.82, 2.24) is 9.38 Å². The fourth-order valence-corrected chi connectivity index (χ4v) is 2.73.